The number of urea groups is 1. The zero-order chi connectivity index (χ0) is 19.9. The van der Waals surface area contributed by atoms with Crippen molar-refractivity contribution >= 4 is 23.5 Å². The molecule has 0 aliphatic carbocycles. The van der Waals surface area contributed by atoms with Gasteiger partial charge in [-0.05, 0) is 31.0 Å². The number of hydrogen-bond acceptors (Lipinski definition) is 2. The molecule has 0 aliphatic heterocycles. The Kier molecular flexibility index (Phi) is 11.7. The molecule has 0 bridgehead atoms. The van der Waals surface area contributed by atoms with Crippen LogP contribution in [0, 0.1) is 6.92 Å². The van der Waals surface area contributed by atoms with Gasteiger partial charge in [-0.15, -0.1) is 0 Å². The number of aryl methyl sites for hydroxylation is 1. The van der Waals surface area contributed by atoms with Crippen LogP contribution < -0.4 is 16.0 Å². The molecule has 152 valence electrons. The van der Waals surface area contributed by atoms with Crippen LogP contribution in [0.1, 0.15) is 76.7 Å². The number of rotatable bonds is 13. The van der Waals surface area contributed by atoms with E-state index >= 15 is 0 Å². The predicted molar refractivity (Wildman–Crippen MR) is 112 cm³/mol. The largest absolute Gasteiger partial charge is 0.465 e. The molecule has 0 saturated heterocycles. The molecular formula is C21H35N3O3. The fourth-order valence-corrected chi connectivity index (χ4v) is 2.94. The number of carboxylic acid groups (broad SMARTS) is 1. The van der Waals surface area contributed by atoms with E-state index in [-0.39, 0.29) is 6.03 Å². The Morgan fingerprint density at radius 3 is 2.07 bits per heavy atom. The molecule has 1 aromatic rings. The molecule has 0 atom stereocenters. The van der Waals surface area contributed by atoms with Crippen molar-refractivity contribution in [2.75, 3.05) is 17.2 Å². The van der Waals surface area contributed by atoms with Crippen molar-refractivity contribution in [3.05, 3.63) is 23.8 Å². The number of unbranched alkanes of at least 4 members (excludes halogenated alkanes) is 9. The molecule has 0 aliphatic rings. The van der Waals surface area contributed by atoms with Crippen LogP contribution in [-0.4, -0.2) is 23.8 Å². The first-order chi connectivity index (χ1) is 13.0. The number of benzene rings is 1. The molecule has 1 aromatic carbocycles. The van der Waals surface area contributed by atoms with E-state index in [4.69, 9.17) is 5.11 Å². The van der Waals surface area contributed by atoms with E-state index in [0.29, 0.717) is 17.9 Å². The van der Waals surface area contributed by atoms with Gasteiger partial charge in [0.1, 0.15) is 0 Å². The van der Waals surface area contributed by atoms with Gasteiger partial charge in [-0.3, -0.25) is 5.32 Å². The third kappa shape index (κ3) is 11.2. The van der Waals surface area contributed by atoms with Crippen LogP contribution in [0.2, 0.25) is 0 Å². The first-order valence-electron chi connectivity index (χ1n) is 10.2. The third-order valence-corrected chi connectivity index (χ3v) is 4.55. The van der Waals surface area contributed by atoms with Gasteiger partial charge in [0.15, 0.2) is 0 Å². The Morgan fingerprint density at radius 1 is 0.889 bits per heavy atom. The lowest BCUT2D eigenvalue weighted by Gasteiger charge is -2.11. The third-order valence-electron chi connectivity index (χ3n) is 4.55. The summed E-state index contributed by atoms with van der Waals surface area (Å²) in [5.41, 5.74) is 1.90. The summed E-state index contributed by atoms with van der Waals surface area (Å²) in [5, 5.41) is 16.7. The first kappa shape index (κ1) is 22.8. The fraction of sp³-hybridized carbons (Fsp3) is 0.619. The fourth-order valence-electron chi connectivity index (χ4n) is 2.94. The molecule has 1 rings (SSSR count). The smallest absolute Gasteiger partial charge is 0.409 e. The predicted octanol–water partition coefficient (Wildman–Crippen LogP) is 6.13. The standard InChI is InChI=1S/C21H35N3O3/c1-3-4-5-6-7-8-9-10-11-12-15-22-20(25)24-19-16-18(23-21(26)27)14-13-17(19)2/h13-14,16,23H,3-12,15H2,1-2H3,(H,26,27)(H2,22,24,25). The Balaban J connectivity index is 2.13. The van der Waals surface area contributed by atoms with Gasteiger partial charge >= 0.3 is 12.1 Å². The van der Waals surface area contributed by atoms with Gasteiger partial charge < -0.3 is 15.7 Å². The summed E-state index contributed by atoms with van der Waals surface area (Å²) < 4.78 is 0. The molecule has 4 N–H and O–H groups in total. The van der Waals surface area contributed by atoms with Crippen molar-refractivity contribution in [1.82, 2.24) is 5.32 Å². The van der Waals surface area contributed by atoms with Crippen molar-refractivity contribution in [3.63, 3.8) is 0 Å². The molecule has 27 heavy (non-hydrogen) atoms. The minimum atomic E-state index is -1.13. The monoisotopic (exact) mass is 377 g/mol. The number of nitrogens with one attached hydrogen (secondary N) is 3. The quantitative estimate of drug-likeness (QED) is 0.312. The minimum absolute atomic E-state index is 0.263. The molecule has 0 heterocycles. The van der Waals surface area contributed by atoms with Gasteiger partial charge in [-0.25, -0.2) is 9.59 Å². The second-order valence-corrected chi connectivity index (χ2v) is 7.02. The maximum atomic E-state index is 12.0. The molecule has 0 unspecified atom stereocenters. The highest BCUT2D eigenvalue weighted by Crippen LogP contribution is 2.20. The van der Waals surface area contributed by atoms with E-state index in [2.05, 4.69) is 22.9 Å². The van der Waals surface area contributed by atoms with Gasteiger partial charge in [-0.2, -0.15) is 0 Å². The van der Waals surface area contributed by atoms with Crippen LogP contribution in [0.25, 0.3) is 0 Å². The van der Waals surface area contributed by atoms with Crippen LogP contribution in [0.4, 0.5) is 21.0 Å². The molecule has 0 fully saturated rings. The lowest BCUT2D eigenvalue weighted by Crippen LogP contribution is -2.29. The molecule has 0 aromatic heterocycles. The molecule has 3 amide bonds. The molecule has 6 nitrogen and oxygen atoms in total. The normalized spacial score (nSPS) is 10.4. The molecular weight excluding hydrogens is 342 g/mol. The number of anilines is 2. The van der Waals surface area contributed by atoms with Crippen molar-refractivity contribution in [2.24, 2.45) is 0 Å². The maximum Gasteiger partial charge on any atom is 0.409 e. The van der Waals surface area contributed by atoms with Crippen LogP contribution in [0.15, 0.2) is 18.2 Å². The summed E-state index contributed by atoms with van der Waals surface area (Å²) in [5.74, 6) is 0. The lowest BCUT2D eigenvalue weighted by atomic mass is 10.1. The van der Waals surface area contributed by atoms with Gasteiger partial charge in [-0.1, -0.05) is 70.8 Å². The summed E-state index contributed by atoms with van der Waals surface area (Å²) in [4.78, 5) is 22.7. The van der Waals surface area contributed by atoms with Crippen LogP contribution in [0.3, 0.4) is 0 Å². The topological polar surface area (TPSA) is 90.5 Å². The number of hydrogen-bond donors (Lipinski definition) is 4. The summed E-state index contributed by atoms with van der Waals surface area (Å²) >= 11 is 0. The molecule has 0 spiro atoms. The average molecular weight is 378 g/mol. The Labute approximate surface area is 163 Å². The zero-order valence-electron chi connectivity index (χ0n) is 16.8. The number of carbonyl (C=O) groups is 2. The van der Waals surface area contributed by atoms with Gasteiger partial charge in [0.05, 0.1) is 0 Å². The van der Waals surface area contributed by atoms with E-state index in [1.54, 1.807) is 18.2 Å². The van der Waals surface area contributed by atoms with E-state index in [1.807, 2.05) is 6.92 Å². The van der Waals surface area contributed by atoms with Gasteiger partial charge in [0.2, 0.25) is 0 Å². The Bertz CT molecular complexity index is 576. The summed E-state index contributed by atoms with van der Waals surface area (Å²) in [6, 6.07) is 4.78. The molecule has 0 saturated carbocycles. The van der Waals surface area contributed by atoms with E-state index in [1.165, 1.54) is 51.4 Å². The van der Waals surface area contributed by atoms with Crippen LogP contribution in [-0.2, 0) is 0 Å². The maximum absolute atomic E-state index is 12.0. The SMILES string of the molecule is CCCCCCCCCCCCNC(=O)Nc1cc(NC(=O)O)ccc1C. The Morgan fingerprint density at radius 2 is 1.48 bits per heavy atom. The summed E-state index contributed by atoms with van der Waals surface area (Å²) in [6.07, 6.45) is 11.5. The first-order valence-corrected chi connectivity index (χ1v) is 10.2. The van der Waals surface area contributed by atoms with Gasteiger partial charge in [0.25, 0.3) is 0 Å². The average Bonchev–Trinajstić information content (AvgIpc) is 2.62. The summed E-state index contributed by atoms with van der Waals surface area (Å²) in [7, 11) is 0. The van der Waals surface area contributed by atoms with E-state index in [9.17, 15) is 9.59 Å². The highest BCUT2D eigenvalue weighted by molar-refractivity contribution is 5.92. The highest BCUT2D eigenvalue weighted by atomic mass is 16.4. The second-order valence-electron chi connectivity index (χ2n) is 7.02. The zero-order valence-corrected chi connectivity index (χ0v) is 16.8. The van der Waals surface area contributed by atoms with Gasteiger partial charge in [0, 0.05) is 17.9 Å². The number of amides is 3. The van der Waals surface area contributed by atoms with Crippen LogP contribution in [0.5, 0.6) is 0 Å². The lowest BCUT2D eigenvalue weighted by molar-refractivity contribution is 0.209. The van der Waals surface area contributed by atoms with Crippen molar-refractivity contribution in [3.8, 4) is 0 Å². The highest BCUT2D eigenvalue weighted by Gasteiger charge is 2.06. The summed E-state index contributed by atoms with van der Waals surface area (Å²) in [6.45, 7) is 4.75. The minimum Gasteiger partial charge on any atom is -0.465 e. The van der Waals surface area contributed by atoms with Crippen molar-refractivity contribution < 1.29 is 14.7 Å². The second kappa shape index (κ2) is 13.9. The van der Waals surface area contributed by atoms with Crippen LogP contribution >= 0.6 is 0 Å². The molecule has 0 radical (unpaired) electrons. The number of carbonyl (C=O) groups excluding carboxylic acids is 1. The molecule has 6 heteroatoms. The Hall–Kier alpha value is -2.24. The van der Waals surface area contributed by atoms with Crippen molar-refractivity contribution in [2.45, 2.75) is 78.1 Å². The van der Waals surface area contributed by atoms with Crippen molar-refractivity contribution in [1.29, 1.82) is 0 Å². The van der Waals surface area contributed by atoms with E-state index in [0.717, 1.165) is 18.4 Å². The van der Waals surface area contributed by atoms with E-state index < -0.39 is 6.09 Å².